The van der Waals surface area contributed by atoms with E-state index in [-0.39, 0.29) is 5.82 Å². The number of hydrogen-bond acceptors (Lipinski definition) is 3. The van der Waals surface area contributed by atoms with Crippen LogP contribution in [0, 0.1) is 5.82 Å². The lowest BCUT2D eigenvalue weighted by atomic mass is 9.77. The molecule has 5 heteroatoms. The Bertz CT molecular complexity index is 577. The van der Waals surface area contributed by atoms with Gasteiger partial charge in [0.15, 0.2) is 0 Å². The van der Waals surface area contributed by atoms with E-state index in [2.05, 4.69) is 0 Å². The molecule has 2 N–H and O–H groups in total. The van der Waals surface area contributed by atoms with Gasteiger partial charge in [-0.25, -0.2) is 4.39 Å². The van der Waals surface area contributed by atoms with E-state index >= 15 is 0 Å². The second-order valence-electron chi connectivity index (χ2n) is 4.54. The van der Waals surface area contributed by atoms with E-state index < -0.39 is 7.12 Å². The molecule has 0 atom stereocenters. The third-order valence-corrected chi connectivity index (χ3v) is 3.27. The maximum Gasteiger partial charge on any atom is 0.488 e. The van der Waals surface area contributed by atoms with Crippen LogP contribution in [0.2, 0.25) is 0 Å². The van der Waals surface area contributed by atoms with E-state index in [1.165, 1.54) is 6.07 Å². The molecule has 0 unspecified atom stereocenters. The molecule has 0 heterocycles. The SMILES string of the molecule is CCN(Cc1ccccc1B(O)O)c1ccccc1F. The molecule has 20 heavy (non-hydrogen) atoms. The highest BCUT2D eigenvalue weighted by Crippen LogP contribution is 2.20. The van der Waals surface area contributed by atoms with E-state index in [9.17, 15) is 14.4 Å². The molecule has 0 aliphatic carbocycles. The smallest absolute Gasteiger partial charge is 0.423 e. The first-order valence-electron chi connectivity index (χ1n) is 6.57. The molecule has 0 fully saturated rings. The van der Waals surface area contributed by atoms with Crippen molar-refractivity contribution in [2.45, 2.75) is 13.5 Å². The van der Waals surface area contributed by atoms with Crippen LogP contribution in [0.4, 0.5) is 10.1 Å². The number of nitrogens with zero attached hydrogens (tertiary/aromatic N) is 1. The van der Waals surface area contributed by atoms with Crippen LogP contribution in [-0.2, 0) is 6.54 Å². The monoisotopic (exact) mass is 273 g/mol. The number of anilines is 1. The van der Waals surface area contributed by atoms with Crippen molar-refractivity contribution in [1.29, 1.82) is 0 Å². The van der Waals surface area contributed by atoms with Crippen molar-refractivity contribution in [3.8, 4) is 0 Å². The van der Waals surface area contributed by atoms with Gasteiger partial charge < -0.3 is 14.9 Å². The molecule has 104 valence electrons. The molecule has 0 aliphatic heterocycles. The normalized spacial score (nSPS) is 10.4. The van der Waals surface area contributed by atoms with Crippen LogP contribution >= 0.6 is 0 Å². The summed E-state index contributed by atoms with van der Waals surface area (Å²) < 4.78 is 13.8. The number of rotatable bonds is 5. The molecule has 0 saturated carbocycles. The highest BCUT2D eigenvalue weighted by molar-refractivity contribution is 6.59. The third kappa shape index (κ3) is 3.18. The minimum atomic E-state index is -1.52. The summed E-state index contributed by atoms with van der Waals surface area (Å²) in [4.78, 5) is 1.86. The number of para-hydroxylation sites is 1. The summed E-state index contributed by atoms with van der Waals surface area (Å²) in [5.41, 5.74) is 1.73. The van der Waals surface area contributed by atoms with Crippen molar-refractivity contribution < 1.29 is 14.4 Å². The summed E-state index contributed by atoms with van der Waals surface area (Å²) in [5.74, 6) is -0.281. The van der Waals surface area contributed by atoms with Gasteiger partial charge in [0.25, 0.3) is 0 Å². The van der Waals surface area contributed by atoms with E-state index in [1.54, 1.807) is 30.3 Å². The van der Waals surface area contributed by atoms with Crippen LogP contribution in [-0.4, -0.2) is 23.7 Å². The lowest BCUT2D eigenvalue weighted by molar-refractivity contribution is 0.425. The van der Waals surface area contributed by atoms with Gasteiger partial charge in [-0.1, -0.05) is 36.4 Å². The Morgan fingerprint density at radius 2 is 1.70 bits per heavy atom. The standard InChI is InChI=1S/C15H17BFNO2/c1-2-18(15-10-6-5-9-14(15)17)11-12-7-3-4-8-13(12)16(19)20/h3-10,19-20H,2,11H2,1H3. The van der Waals surface area contributed by atoms with Crippen LogP contribution in [0.1, 0.15) is 12.5 Å². The van der Waals surface area contributed by atoms with Crippen molar-refractivity contribution in [3.63, 3.8) is 0 Å². The Labute approximate surface area is 118 Å². The molecule has 0 aliphatic rings. The second kappa shape index (κ2) is 6.54. The van der Waals surface area contributed by atoms with Gasteiger partial charge in [0, 0.05) is 13.1 Å². The molecule has 0 aromatic heterocycles. The van der Waals surface area contributed by atoms with Gasteiger partial charge in [-0.2, -0.15) is 0 Å². The minimum Gasteiger partial charge on any atom is -0.423 e. The van der Waals surface area contributed by atoms with Crippen LogP contribution in [0.3, 0.4) is 0 Å². The molecule has 2 aromatic rings. The van der Waals surface area contributed by atoms with Gasteiger partial charge in [-0.15, -0.1) is 0 Å². The number of benzene rings is 2. The summed E-state index contributed by atoms with van der Waals surface area (Å²) in [5, 5.41) is 18.8. The van der Waals surface area contributed by atoms with Crippen molar-refractivity contribution >= 4 is 18.3 Å². The largest absolute Gasteiger partial charge is 0.488 e. The minimum absolute atomic E-state index is 0.281. The molecular weight excluding hydrogens is 256 g/mol. The average Bonchev–Trinajstić information content (AvgIpc) is 2.46. The fourth-order valence-electron chi connectivity index (χ4n) is 2.21. The van der Waals surface area contributed by atoms with E-state index in [1.807, 2.05) is 24.0 Å². The Morgan fingerprint density at radius 3 is 2.35 bits per heavy atom. The number of halogens is 1. The highest BCUT2D eigenvalue weighted by Gasteiger charge is 2.17. The topological polar surface area (TPSA) is 43.7 Å². The molecule has 0 amide bonds. The summed E-state index contributed by atoms with van der Waals surface area (Å²) in [6.07, 6.45) is 0. The van der Waals surface area contributed by atoms with Gasteiger partial charge in [-0.3, -0.25) is 0 Å². The fourth-order valence-corrected chi connectivity index (χ4v) is 2.21. The van der Waals surface area contributed by atoms with Gasteiger partial charge in [0.1, 0.15) is 5.82 Å². The predicted molar refractivity (Wildman–Crippen MR) is 79.4 cm³/mol. The van der Waals surface area contributed by atoms with Crippen LogP contribution in [0.5, 0.6) is 0 Å². The van der Waals surface area contributed by atoms with Crippen molar-refractivity contribution in [1.82, 2.24) is 0 Å². The second-order valence-corrected chi connectivity index (χ2v) is 4.54. The Balaban J connectivity index is 2.30. The first-order valence-corrected chi connectivity index (χ1v) is 6.57. The number of hydrogen-bond donors (Lipinski definition) is 2. The maximum atomic E-state index is 13.8. The molecular formula is C15H17BFNO2. The summed E-state index contributed by atoms with van der Waals surface area (Å²) >= 11 is 0. The zero-order chi connectivity index (χ0) is 14.5. The zero-order valence-electron chi connectivity index (χ0n) is 11.3. The van der Waals surface area contributed by atoms with Crippen molar-refractivity contribution in [2.75, 3.05) is 11.4 Å². The average molecular weight is 273 g/mol. The molecule has 3 nitrogen and oxygen atoms in total. The quantitative estimate of drug-likeness (QED) is 0.812. The molecule has 0 saturated heterocycles. The Hall–Kier alpha value is -1.85. The summed E-state index contributed by atoms with van der Waals surface area (Å²) in [7, 11) is -1.52. The van der Waals surface area contributed by atoms with Gasteiger partial charge in [-0.05, 0) is 30.1 Å². The lowest BCUT2D eigenvalue weighted by Crippen LogP contribution is -2.36. The maximum absolute atomic E-state index is 13.8. The first kappa shape index (κ1) is 14.6. The fraction of sp³-hybridized carbons (Fsp3) is 0.200. The van der Waals surface area contributed by atoms with E-state index in [0.717, 1.165) is 5.56 Å². The molecule has 0 spiro atoms. The van der Waals surface area contributed by atoms with Gasteiger partial charge in [0.05, 0.1) is 5.69 Å². The molecule has 2 aromatic carbocycles. The predicted octanol–water partition coefficient (Wildman–Crippen LogP) is 1.53. The third-order valence-electron chi connectivity index (χ3n) is 3.27. The molecule has 0 radical (unpaired) electrons. The summed E-state index contributed by atoms with van der Waals surface area (Å²) in [6, 6.07) is 13.6. The molecule has 2 rings (SSSR count). The van der Waals surface area contributed by atoms with Crippen LogP contribution in [0.15, 0.2) is 48.5 Å². The summed E-state index contributed by atoms with van der Waals surface area (Å²) in [6.45, 7) is 2.98. The zero-order valence-corrected chi connectivity index (χ0v) is 11.3. The van der Waals surface area contributed by atoms with Gasteiger partial charge in [0.2, 0.25) is 0 Å². The Kier molecular flexibility index (Phi) is 4.77. The van der Waals surface area contributed by atoms with Gasteiger partial charge >= 0.3 is 7.12 Å². The van der Waals surface area contributed by atoms with E-state index in [4.69, 9.17) is 0 Å². The van der Waals surface area contributed by atoms with Crippen molar-refractivity contribution in [2.24, 2.45) is 0 Å². The Morgan fingerprint density at radius 1 is 1.05 bits per heavy atom. The highest BCUT2D eigenvalue weighted by atomic mass is 19.1. The van der Waals surface area contributed by atoms with Crippen molar-refractivity contribution in [3.05, 3.63) is 59.9 Å². The first-order chi connectivity index (χ1) is 9.63. The molecule has 0 bridgehead atoms. The van der Waals surface area contributed by atoms with E-state index in [0.29, 0.717) is 24.2 Å². The van der Waals surface area contributed by atoms with Crippen LogP contribution < -0.4 is 10.4 Å². The van der Waals surface area contributed by atoms with Crippen LogP contribution in [0.25, 0.3) is 0 Å². The lowest BCUT2D eigenvalue weighted by Gasteiger charge is -2.25.